The van der Waals surface area contributed by atoms with Crippen LogP contribution in [-0.2, 0) is 9.59 Å². The number of carbonyl (C=O) groups excluding carboxylic acids is 1. The third kappa shape index (κ3) is 15.2. The molecule has 8 atom stereocenters. The summed E-state index contributed by atoms with van der Waals surface area (Å²) in [5.41, 5.74) is 4.57. The molecule has 0 radical (unpaired) electrons. The van der Waals surface area contributed by atoms with E-state index in [1.807, 2.05) is 0 Å². The first-order valence-electron chi connectivity index (χ1n) is 8.00. The molecule has 0 aliphatic heterocycles. The Kier molecular flexibility index (Phi) is 20.8. The van der Waals surface area contributed by atoms with Gasteiger partial charge in [0.05, 0.1) is 26.4 Å². The molecule has 0 bridgehead atoms. The van der Waals surface area contributed by atoms with Crippen LogP contribution >= 0.6 is 0 Å². The molecule has 14 N–H and O–H groups in total. The molecule has 8 unspecified atom stereocenters. The first-order valence-corrected chi connectivity index (χ1v) is 8.00. The molecule has 0 aliphatic carbocycles. The average molecular weight is 437 g/mol. The zero-order valence-electron chi connectivity index (χ0n) is 15.3. The van der Waals surface area contributed by atoms with Crippen molar-refractivity contribution in [2.24, 2.45) is 5.73 Å². The summed E-state index contributed by atoms with van der Waals surface area (Å²) in [5.74, 6) is -0.968. The van der Waals surface area contributed by atoms with Gasteiger partial charge in [-0.2, -0.15) is 0 Å². The fourth-order valence-corrected chi connectivity index (χ4v) is 1.29. The molecular weight excluding hydrogens is 406 g/mol. The van der Waals surface area contributed by atoms with E-state index in [9.17, 15) is 9.59 Å². The van der Waals surface area contributed by atoms with E-state index in [0.717, 1.165) is 0 Å². The van der Waals surface area contributed by atoms with Crippen LogP contribution in [0.1, 0.15) is 0 Å². The minimum absolute atomic E-state index is 0.0258. The Morgan fingerprint density at radius 3 is 1.10 bits per heavy atom. The quantitative estimate of drug-likeness (QED) is 0.133. The van der Waals surface area contributed by atoms with Gasteiger partial charge in [0.2, 0.25) is 0 Å². The second kappa shape index (κ2) is 18.7. The van der Waals surface area contributed by atoms with Gasteiger partial charge in [-0.15, -0.1) is 0 Å². The number of rotatable bonds is 11. The molecule has 0 saturated carbocycles. The van der Waals surface area contributed by atoms with E-state index in [-0.39, 0.29) is 12.8 Å². The summed E-state index contributed by atoms with van der Waals surface area (Å²) in [7, 11) is 0. The van der Waals surface area contributed by atoms with Crippen molar-refractivity contribution in [1.82, 2.24) is 0 Å². The number of carboxylic acids is 1. The maximum atomic E-state index is 9.90. The van der Waals surface area contributed by atoms with Crippen molar-refractivity contribution in [3.8, 4) is 0 Å². The number of aliphatic hydroxyl groups excluding tert-OH is 11. The van der Waals surface area contributed by atoms with Crippen LogP contribution in [0.4, 0.5) is 0 Å². The Labute approximate surface area is 165 Å². The molecule has 0 aromatic heterocycles. The number of aliphatic carboxylic acids is 1. The van der Waals surface area contributed by atoms with Crippen molar-refractivity contribution in [1.29, 1.82) is 0 Å². The zero-order chi connectivity index (χ0) is 23.7. The Morgan fingerprint density at radius 1 is 0.690 bits per heavy atom. The molecule has 0 heterocycles. The predicted octanol–water partition coefficient (Wildman–Crippen LogP) is -7.93. The number of hydrogen-bond acceptors (Lipinski definition) is 14. The normalized spacial score (nSPS) is 18.9. The molecule has 0 aromatic carbocycles. The fourth-order valence-electron chi connectivity index (χ4n) is 1.29. The molecular formula is C14H31NO14. The Bertz CT molecular complexity index is 400. The summed E-state index contributed by atoms with van der Waals surface area (Å²) in [5, 5.41) is 103. The number of carbonyl (C=O) groups is 2. The largest absolute Gasteiger partial charge is 0.480 e. The molecule has 0 aliphatic rings. The summed E-state index contributed by atoms with van der Waals surface area (Å²) in [6.07, 6.45) is -13.2. The molecule has 0 saturated heterocycles. The first kappa shape index (κ1) is 32.3. The highest BCUT2D eigenvalue weighted by Crippen LogP contribution is 2.04. The van der Waals surface area contributed by atoms with Gasteiger partial charge in [-0.3, -0.25) is 4.79 Å². The van der Waals surface area contributed by atoms with Crippen LogP contribution in [0.5, 0.6) is 0 Å². The lowest BCUT2D eigenvalue weighted by molar-refractivity contribution is -0.136. The number of hydrogen-bond donors (Lipinski definition) is 13. The average Bonchev–Trinajstić information content (AvgIpc) is 2.75. The Hall–Kier alpha value is -1.34. The van der Waals surface area contributed by atoms with Gasteiger partial charge in [0.15, 0.2) is 6.29 Å². The van der Waals surface area contributed by atoms with Gasteiger partial charge < -0.3 is 71.8 Å². The molecule has 29 heavy (non-hydrogen) atoms. The standard InChI is InChI=1S/C6H14O6.C6H12O6.C2H5NO2/c2*7-1-3(9)5(11)6(12)4(10)2-8;3-1-2(4)5/h3-12H,1-2H2;1,3-6,8-12H,2H2;1,3H2,(H,4,5). The van der Waals surface area contributed by atoms with Crippen LogP contribution in [-0.4, -0.2) is 149 Å². The van der Waals surface area contributed by atoms with Gasteiger partial charge in [0.25, 0.3) is 0 Å². The Morgan fingerprint density at radius 2 is 0.931 bits per heavy atom. The molecule has 0 spiro atoms. The van der Waals surface area contributed by atoms with Gasteiger partial charge in [0, 0.05) is 0 Å². The first-order chi connectivity index (χ1) is 13.4. The monoisotopic (exact) mass is 437 g/mol. The number of nitrogens with two attached hydrogens (primary N) is 1. The summed E-state index contributed by atoms with van der Waals surface area (Å²) in [6, 6.07) is 0. The van der Waals surface area contributed by atoms with E-state index in [2.05, 4.69) is 5.73 Å². The molecule has 0 aromatic rings. The van der Waals surface area contributed by atoms with E-state index in [0.29, 0.717) is 0 Å². The molecule has 176 valence electrons. The predicted molar refractivity (Wildman–Crippen MR) is 92.1 cm³/mol. The lowest BCUT2D eigenvalue weighted by Gasteiger charge is -2.24. The van der Waals surface area contributed by atoms with Crippen molar-refractivity contribution in [2.75, 3.05) is 26.4 Å². The van der Waals surface area contributed by atoms with E-state index < -0.39 is 74.6 Å². The topological polar surface area (TPSA) is 303 Å². The number of carboxylic acid groups (broad SMARTS) is 1. The highest BCUT2D eigenvalue weighted by Gasteiger charge is 2.30. The van der Waals surface area contributed by atoms with Crippen LogP contribution in [0, 0.1) is 0 Å². The lowest BCUT2D eigenvalue weighted by Crippen LogP contribution is -2.46. The second-order valence-corrected chi connectivity index (χ2v) is 5.44. The minimum Gasteiger partial charge on any atom is -0.480 e. The van der Waals surface area contributed by atoms with Crippen molar-refractivity contribution >= 4 is 12.3 Å². The lowest BCUT2D eigenvalue weighted by atomic mass is 10.0. The van der Waals surface area contributed by atoms with Crippen molar-refractivity contribution < 1.29 is 70.9 Å². The minimum atomic E-state index is -1.79. The molecule has 15 nitrogen and oxygen atoms in total. The van der Waals surface area contributed by atoms with Crippen LogP contribution in [0.3, 0.4) is 0 Å². The van der Waals surface area contributed by atoms with E-state index in [4.69, 9.17) is 61.3 Å². The van der Waals surface area contributed by atoms with E-state index in [1.165, 1.54) is 0 Å². The highest BCUT2D eigenvalue weighted by atomic mass is 16.4. The van der Waals surface area contributed by atoms with Gasteiger partial charge >= 0.3 is 5.97 Å². The number of aldehydes is 1. The van der Waals surface area contributed by atoms with Gasteiger partial charge in [-0.1, -0.05) is 0 Å². The zero-order valence-corrected chi connectivity index (χ0v) is 15.3. The van der Waals surface area contributed by atoms with Crippen molar-refractivity contribution in [3.05, 3.63) is 0 Å². The summed E-state index contributed by atoms with van der Waals surface area (Å²) < 4.78 is 0. The summed E-state index contributed by atoms with van der Waals surface area (Å²) in [4.78, 5) is 19.1. The Balaban J connectivity index is -0.000000380. The number of aliphatic hydroxyl groups is 11. The smallest absolute Gasteiger partial charge is 0.317 e. The maximum absolute atomic E-state index is 9.90. The fraction of sp³-hybridized carbons (Fsp3) is 0.857. The van der Waals surface area contributed by atoms with Gasteiger partial charge in [-0.05, 0) is 0 Å². The van der Waals surface area contributed by atoms with Gasteiger partial charge in [-0.25, -0.2) is 0 Å². The molecule has 15 heteroatoms. The van der Waals surface area contributed by atoms with Gasteiger partial charge in [0.1, 0.15) is 48.8 Å². The van der Waals surface area contributed by atoms with Crippen molar-refractivity contribution in [2.45, 2.75) is 48.8 Å². The molecule has 0 rings (SSSR count). The van der Waals surface area contributed by atoms with E-state index in [1.54, 1.807) is 0 Å². The second-order valence-electron chi connectivity index (χ2n) is 5.44. The summed E-state index contributed by atoms with van der Waals surface area (Å²) >= 11 is 0. The van der Waals surface area contributed by atoms with E-state index >= 15 is 0 Å². The maximum Gasteiger partial charge on any atom is 0.317 e. The third-order valence-electron chi connectivity index (χ3n) is 3.11. The van der Waals surface area contributed by atoms with Crippen LogP contribution in [0.2, 0.25) is 0 Å². The summed E-state index contributed by atoms with van der Waals surface area (Å²) in [6.45, 7) is -2.49. The van der Waals surface area contributed by atoms with Crippen molar-refractivity contribution in [3.63, 3.8) is 0 Å². The highest BCUT2D eigenvalue weighted by molar-refractivity contribution is 5.68. The SMILES string of the molecule is NCC(=O)O.O=CC(O)C(O)C(O)C(O)CO.OCC(O)C(O)C(O)C(O)CO. The third-order valence-corrected chi connectivity index (χ3v) is 3.11. The van der Waals surface area contributed by atoms with Crippen LogP contribution in [0.15, 0.2) is 0 Å². The van der Waals surface area contributed by atoms with Crippen LogP contribution < -0.4 is 5.73 Å². The van der Waals surface area contributed by atoms with Crippen LogP contribution in [0.25, 0.3) is 0 Å². The molecule has 0 fully saturated rings. The molecule has 0 amide bonds.